The lowest BCUT2D eigenvalue weighted by molar-refractivity contribution is 0.00790. The van der Waals surface area contributed by atoms with E-state index in [1.165, 1.54) is 12.8 Å². The number of likely N-dealkylation sites (tertiary alicyclic amines) is 1. The van der Waals surface area contributed by atoms with Gasteiger partial charge in [0.05, 0.1) is 31.1 Å². The second-order valence-corrected chi connectivity index (χ2v) is 10.7. The summed E-state index contributed by atoms with van der Waals surface area (Å²) in [7, 11) is 0. The smallest absolute Gasteiger partial charge is 0.272 e. The lowest BCUT2D eigenvalue weighted by Crippen LogP contribution is -2.46. The van der Waals surface area contributed by atoms with Gasteiger partial charge in [0.1, 0.15) is 11.3 Å². The molecule has 4 aromatic rings. The van der Waals surface area contributed by atoms with Crippen molar-refractivity contribution in [3.05, 3.63) is 48.7 Å². The van der Waals surface area contributed by atoms with E-state index in [2.05, 4.69) is 26.3 Å². The molecule has 3 aliphatic rings. The maximum absolute atomic E-state index is 13.1. The van der Waals surface area contributed by atoms with Crippen molar-refractivity contribution in [2.45, 2.75) is 50.6 Å². The van der Waals surface area contributed by atoms with Crippen LogP contribution < -0.4 is 5.32 Å². The Labute approximate surface area is 221 Å². The van der Waals surface area contributed by atoms with Crippen LogP contribution in [0.4, 0.5) is 5.95 Å². The van der Waals surface area contributed by atoms with Crippen LogP contribution in [0.2, 0.25) is 0 Å². The van der Waals surface area contributed by atoms with E-state index < -0.39 is 0 Å². The minimum absolute atomic E-state index is 0.0481. The lowest BCUT2D eigenvalue weighted by atomic mass is 9.90. The van der Waals surface area contributed by atoms with Crippen molar-refractivity contribution < 1.29 is 9.53 Å². The first kappa shape index (κ1) is 23.6. The van der Waals surface area contributed by atoms with Gasteiger partial charge in [-0.2, -0.15) is 0 Å². The molecule has 198 valence electrons. The van der Waals surface area contributed by atoms with Crippen molar-refractivity contribution in [2.75, 3.05) is 44.7 Å². The topological polar surface area (TPSA) is 92.3 Å². The molecule has 1 aliphatic carbocycles. The van der Waals surface area contributed by atoms with Gasteiger partial charge in [0.25, 0.3) is 5.91 Å². The Balaban J connectivity index is 1.07. The summed E-state index contributed by atoms with van der Waals surface area (Å²) in [6.45, 7) is 5.47. The number of imidazole rings is 1. The van der Waals surface area contributed by atoms with Gasteiger partial charge < -0.3 is 15.0 Å². The maximum atomic E-state index is 13.1. The number of carbonyl (C=O) groups is 1. The van der Waals surface area contributed by atoms with Gasteiger partial charge in [-0.3, -0.25) is 14.1 Å². The van der Waals surface area contributed by atoms with Crippen LogP contribution in [0.25, 0.3) is 22.3 Å². The predicted molar refractivity (Wildman–Crippen MR) is 144 cm³/mol. The minimum Gasteiger partial charge on any atom is -0.379 e. The van der Waals surface area contributed by atoms with Crippen LogP contribution in [-0.2, 0) is 4.74 Å². The average Bonchev–Trinajstić information content (AvgIpc) is 3.73. The summed E-state index contributed by atoms with van der Waals surface area (Å²) in [6, 6.07) is 7.13. The molecule has 0 bridgehead atoms. The van der Waals surface area contributed by atoms with E-state index in [1.54, 1.807) is 6.20 Å². The SMILES string of the molecule is O=C(c1cnc2ccc(-c3ccn4nc(NC5CCC(N6CCOCC6)CC5)ncc34)cn12)N1CCCC1. The van der Waals surface area contributed by atoms with Crippen molar-refractivity contribution in [1.29, 1.82) is 0 Å². The van der Waals surface area contributed by atoms with E-state index in [0.717, 1.165) is 87.4 Å². The van der Waals surface area contributed by atoms with Crippen LogP contribution >= 0.6 is 0 Å². The highest BCUT2D eigenvalue weighted by Crippen LogP contribution is 2.28. The molecule has 0 spiro atoms. The summed E-state index contributed by atoms with van der Waals surface area (Å²) in [4.78, 5) is 26.7. The number of morpholine rings is 1. The zero-order valence-corrected chi connectivity index (χ0v) is 21.6. The number of nitrogens with one attached hydrogen (secondary N) is 1. The number of anilines is 1. The highest BCUT2D eigenvalue weighted by molar-refractivity contribution is 5.93. The van der Waals surface area contributed by atoms with Gasteiger partial charge in [0.15, 0.2) is 0 Å². The third-order valence-electron chi connectivity index (χ3n) is 8.44. The molecule has 2 aliphatic heterocycles. The normalized spacial score (nSPS) is 22.9. The number of ether oxygens (including phenoxy) is 1. The van der Waals surface area contributed by atoms with Crippen molar-refractivity contribution in [3.63, 3.8) is 0 Å². The Morgan fingerprint density at radius 2 is 1.76 bits per heavy atom. The second-order valence-electron chi connectivity index (χ2n) is 10.7. The quantitative estimate of drug-likeness (QED) is 0.437. The highest BCUT2D eigenvalue weighted by atomic mass is 16.5. The van der Waals surface area contributed by atoms with Crippen molar-refractivity contribution >= 4 is 23.0 Å². The Kier molecular flexibility index (Phi) is 6.21. The number of rotatable bonds is 5. The summed E-state index contributed by atoms with van der Waals surface area (Å²) in [5.74, 6) is 0.713. The summed E-state index contributed by atoms with van der Waals surface area (Å²) >= 11 is 0. The van der Waals surface area contributed by atoms with Gasteiger partial charge >= 0.3 is 0 Å². The average molecular weight is 515 g/mol. The van der Waals surface area contributed by atoms with E-state index in [0.29, 0.717) is 23.7 Å². The number of amides is 1. The molecule has 1 N–H and O–H groups in total. The summed E-state index contributed by atoms with van der Waals surface area (Å²) in [5.41, 5.74) is 4.33. The number of pyridine rings is 1. The summed E-state index contributed by atoms with van der Waals surface area (Å²) in [6.07, 6.45) is 14.3. The molecule has 6 heterocycles. The number of carbonyl (C=O) groups excluding carboxylic acids is 1. The van der Waals surface area contributed by atoms with Crippen LogP contribution in [-0.4, -0.2) is 91.2 Å². The van der Waals surface area contributed by atoms with Crippen LogP contribution in [0, 0.1) is 0 Å². The minimum atomic E-state index is 0.0481. The molecule has 4 aromatic heterocycles. The monoisotopic (exact) mass is 514 g/mol. The molecule has 0 radical (unpaired) electrons. The predicted octanol–water partition coefficient (Wildman–Crippen LogP) is 3.34. The molecule has 10 nitrogen and oxygen atoms in total. The Morgan fingerprint density at radius 1 is 0.947 bits per heavy atom. The first-order valence-electron chi connectivity index (χ1n) is 13.9. The van der Waals surface area contributed by atoms with Gasteiger partial charge in [0, 0.05) is 61.8 Å². The fourth-order valence-corrected chi connectivity index (χ4v) is 6.30. The molecule has 2 saturated heterocycles. The molecular formula is C28H34N8O2. The van der Waals surface area contributed by atoms with Crippen LogP contribution in [0.3, 0.4) is 0 Å². The second kappa shape index (κ2) is 9.99. The maximum Gasteiger partial charge on any atom is 0.272 e. The van der Waals surface area contributed by atoms with E-state index >= 15 is 0 Å². The van der Waals surface area contributed by atoms with Gasteiger partial charge in [-0.1, -0.05) is 0 Å². The van der Waals surface area contributed by atoms with Gasteiger partial charge in [-0.05, 0) is 56.7 Å². The fraction of sp³-hybridized carbons (Fsp3) is 0.500. The number of aromatic nitrogens is 5. The van der Waals surface area contributed by atoms with Crippen LogP contribution in [0.15, 0.2) is 43.0 Å². The van der Waals surface area contributed by atoms with Gasteiger partial charge in [-0.25, -0.2) is 14.5 Å². The van der Waals surface area contributed by atoms with E-state index in [1.807, 2.05) is 44.5 Å². The van der Waals surface area contributed by atoms with Crippen molar-refractivity contribution in [2.24, 2.45) is 0 Å². The molecule has 0 atom stereocenters. The molecule has 1 amide bonds. The zero-order valence-electron chi connectivity index (χ0n) is 21.6. The van der Waals surface area contributed by atoms with Crippen molar-refractivity contribution in [3.8, 4) is 11.1 Å². The number of hydrogen-bond acceptors (Lipinski definition) is 7. The molecular weight excluding hydrogens is 480 g/mol. The van der Waals surface area contributed by atoms with Gasteiger partial charge in [-0.15, -0.1) is 5.10 Å². The van der Waals surface area contributed by atoms with Crippen LogP contribution in [0.1, 0.15) is 49.0 Å². The van der Waals surface area contributed by atoms with E-state index in [4.69, 9.17) is 9.84 Å². The Hall–Kier alpha value is -3.50. The molecule has 1 saturated carbocycles. The first-order valence-corrected chi connectivity index (χ1v) is 13.9. The number of hydrogen-bond donors (Lipinski definition) is 1. The fourth-order valence-electron chi connectivity index (χ4n) is 6.30. The number of fused-ring (bicyclic) bond motifs is 2. The Morgan fingerprint density at radius 3 is 2.58 bits per heavy atom. The third kappa shape index (κ3) is 4.41. The molecule has 0 unspecified atom stereocenters. The van der Waals surface area contributed by atoms with Gasteiger partial charge in [0.2, 0.25) is 5.95 Å². The Bertz CT molecular complexity index is 1440. The summed E-state index contributed by atoms with van der Waals surface area (Å²) in [5, 5.41) is 8.33. The number of nitrogens with zero attached hydrogens (tertiary/aromatic N) is 7. The molecule has 0 aromatic carbocycles. The molecule has 3 fully saturated rings. The van der Waals surface area contributed by atoms with Crippen molar-refractivity contribution in [1.82, 2.24) is 33.8 Å². The lowest BCUT2D eigenvalue weighted by Gasteiger charge is -2.38. The zero-order chi connectivity index (χ0) is 25.5. The van der Waals surface area contributed by atoms with E-state index in [-0.39, 0.29) is 5.91 Å². The molecule has 10 heteroatoms. The standard InChI is InChI=1S/C28H34N8O2/c37-27(34-10-1-2-11-34)25-18-29-26-8-3-20(19-35(25)26)23-9-12-36-24(23)17-30-28(32-36)31-21-4-6-22(7-5-21)33-13-15-38-16-14-33/h3,8-9,12,17-19,21-22H,1-2,4-7,10-11,13-16H2,(H,31,32). The first-order chi connectivity index (χ1) is 18.7. The highest BCUT2D eigenvalue weighted by Gasteiger charge is 2.27. The van der Waals surface area contributed by atoms with Crippen LogP contribution in [0.5, 0.6) is 0 Å². The van der Waals surface area contributed by atoms with E-state index in [9.17, 15) is 4.79 Å². The molecule has 38 heavy (non-hydrogen) atoms. The third-order valence-corrected chi connectivity index (χ3v) is 8.44. The largest absolute Gasteiger partial charge is 0.379 e. The summed E-state index contributed by atoms with van der Waals surface area (Å²) < 4.78 is 9.31. The molecule has 7 rings (SSSR count).